The van der Waals surface area contributed by atoms with E-state index < -0.39 is 0 Å². The third kappa shape index (κ3) is 4.03. The molecule has 4 atom stereocenters. The summed E-state index contributed by atoms with van der Waals surface area (Å²) in [6.45, 7) is 8.42. The van der Waals surface area contributed by atoms with Gasteiger partial charge in [-0.25, -0.2) is 4.79 Å². The largest absolute Gasteiger partial charge is 0.497 e. The Kier molecular flexibility index (Phi) is 5.89. The van der Waals surface area contributed by atoms with Gasteiger partial charge in [0.25, 0.3) is 0 Å². The van der Waals surface area contributed by atoms with E-state index in [1.54, 1.807) is 13.4 Å². The minimum Gasteiger partial charge on any atom is -0.497 e. The Morgan fingerprint density at radius 3 is 2.64 bits per heavy atom. The molecule has 1 aromatic heterocycles. The molecule has 1 saturated heterocycles. The van der Waals surface area contributed by atoms with E-state index in [2.05, 4.69) is 42.8 Å². The van der Waals surface area contributed by atoms with Crippen molar-refractivity contribution < 1.29 is 19.0 Å². The number of esters is 1. The Morgan fingerprint density at radius 1 is 1.21 bits per heavy atom. The number of benzene rings is 1. The van der Waals surface area contributed by atoms with Crippen molar-refractivity contribution in [3.05, 3.63) is 40.8 Å². The molecule has 1 aromatic carbocycles. The van der Waals surface area contributed by atoms with Crippen LogP contribution in [0.5, 0.6) is 5.75 Å². The maximum atomic E-state index is 12.4. The van der Waals surface area contributed by atoms with E-state index in [-0.39, 0.29) is 24.0 Å². The summed E-state index contributed by atoms with van der Waals surface area (Å²) in [5, 5.41) is 1.26. The molecule has 1 saturated carbocycles. The van der Waals surface area contributed by atoms with Gasteiger partial charge in [-0.2, -0.15) is 0 Å². The standard InChI is InChI=1S/C23H28N2O4.C4H8/c1-12-7-19-16(9-21(12)27-3)14-5-6-25-10-17-13(2)29-11-18(23(26)28-4)15(17)8-20(25)22(14)24-19;1-4-2-3-4/h7,9,11,13,15,17,20,24H,5-6,8,10H2,1-4H3;4H,2-3H2,1H3/t13-,15?,17?,20?;/m0./s1. The number of aryl methyl sites for hydroxylation is 1. The number of nitrogens with zero attached hydrogens (tertiary/aromatic N) is 1. The highest BCUT2D eigenvalue weighted by Gasteiger charge is 2.47. The van der Waals surface area contributed by atoms with Gasteiger partial charge in [0.15, 0.2) is 0 Å². The molecular weight excluding hydrogens is 416 g/mol. The number of fused-ring (bicyclic) bond motifs is 6. The quantitative estimate of drug-likeness (QED) is 0.656. The number of hydrogen-bond donors (Lipinski definition) is 1. The van der Waals surface area contributed by atoms with Crippen molar-refractivity contribution in [3.8, 4) is 5.75 Å². The number of methoxy groups -OCH3 is 2. The van der Waals surface area contributed by atoms with Crippen molar-refractivity contribution in [2.75, 3.05) is 27.3 Å². The molecule has 0 amide bonds. The zero-order chi connectivity index (χ0) is 23.3. The SMILES string of the molecule is CC1CC1.COC(=O)C1=CO[C@@H](C)C2CN3CCc4c([nH]c5cc(C)c(OC)cc45)C3CC12. The van der Waals surface area contributed by atoms with E-state index in [0.717, 1.165) is 43.2 Å². The lowest BCUT2D eigenvalue weighted by Crippen LogP contribution is -2.51. The van der Waals surface area contributed by atoms with Crippen molar-refractivity contribution in [2.24, 2.45) is 17.8 Å². The van der Waals surface area contributed by atoms with Crippen LogP contribution in [0.2, 0.25) is 0 Å². The molecule has 1 aliphatic carbocycles. The van der Waals surface area contributed by atoms with Gasteiger partial charge >= 0.3 is 5.97 Å². The van der Waals surface area contributed by atoms with E-state index in [1.165, 1.54) is 42.1 Å². The number of aromatic nitrogens is 1. The topological polar surface area (TPSA) is 63.8 Å². The molecule has 0 radical (unpaired) electrons. The first kappa shape index (κ1) is 22.3. The van der Waals surface area contributed by atoms with E-state index in [9.17, 15) is 4.79 Å². The normalized spacial score (nSPS) is 28.3. The van der Waals surface area contributed by atoms with Gasteiger partial charge in [0.05, 0.1) is 38.2 Å². The van der Waals surface area contributed by atoms with E-state index >= 15 is 0 Å². The molecule has 0 spiro atoms. The fourth-order valence-corrected chi connectivity index (χ4v) is 5.76. The van der Waals surface area contributed by atoms with Crippen LogP contribution in [0.3, 0.4) is 0 Å². The van der Waals surface area contributed by atoms with Crippen LogP contribution in [0.4, 0.5) is 0 Å². The molecule has 1 N–H and O–H groups in total. The van der Waals surface area contributed by atoms with Gasteiger partial charge in [-0.1, -0.05) is 19.8 Å². The number of rotatable bonds is 2. The van der Waals surface area contributed by atoms with Crippen LogP contribution in [0, 0.1) is 24.7 Å². The first-order valence-electron chi connectivity index (χ1n) is 12.3. The molecule has 6 nitrogen and oxygen atoms in total. The second-order valence-corrected chi connectivity index (χ2v) is 10.2. The Morgan fingerprint density at radius 2 is 1.97 bits per heavy atom. The van der Waals surface area contributed by atoms with Crippen LogP contribution in [-0.2, 0) is 20.7 Å². The lowest BCUT2D eigenvalue weighted by molar-refractivity contribution is -0.139. The summed E-state index contributed by atoms with van der Waals surface area (Å²) in [7, 11) is 3.17. The molecule has 6 rings (SSSR count). The van der Waals surface area contributed by atoms with Gasteiger partial charge in [0.2, 0.25) is 0 Å². The number of ether oxygens (including phenoxy) is 3. The second kappa shape index (κ2) is 8.71. The van der Waals surface area contributed by atoms with Gasteiger partial charge in [0, 0.05) is 41.5 Å². The molecule has 178 valence electrons. The molecule has 2 fully saturated rings. The first-order valence-corrected chi connectivity index (χ1v) is 12.3. The summed E-state index contributed by atoms with van der Waals surface area (Å²) in [5.41, 5.74) is 5.66. The number of piperidine rings is 1. The average Bonchev–Trinajstić information content (AvgIpc) is 3.52. The molecule has 3 aliphatic heterocycles. The summed E-state index contributed by atoms with van der Waals surface area (Å²) in [6.07, 6.45) is 6.63. The lowest BCUT2D eigenvalue weighted by Gasteiger charge is -2.49. The van der Waals surface area contributed by atoms with Gasteiger partial charge in [-0.05, 0) is 55.9 Å². The van der Waals surface area contributed by atoms with Gasteiger partial charge < -0.3 is 19.2 Å². The third-order valence-corrected chi connectivity index (χ3v) is 8.02. The smallest absolute Gasteiger partial charge is 0.337 e. The van der Waals surface area contributed by atoms with Crippen molar-refractivity contribution in [1.29, 1.82) is 0 Å². The fraction of sp³-hybridized carbons (Fsp3) is 0.593. The monoisotopic (exact) mass is 452 g/mol. The number of carbonyl (C=O) groups excluding carboxylic acids is 1. The molecule has 33 heavy (non-hydrogen) atoms. The minimum atomic E-state index is -0.270. The molecule has 0 bridgehead atoms. The van der Waals surface area contributed by atoms with Crippen LogP contribution in [-0.4, -0.2) is 49.3 Å². The molecule has 2 aromatic rings. The second-order valence-electron chi connectivity index (χ2n) is 10.2. The Hall–Kier alpha value is -2.47. The van der Waals surface area contributed by atoms with Crippen LogP contribution < -0.4 is 4.74 Å². The van der Waals surface area contributed by atoms with Gasteiger partial charge in [-0.15, -0.1) is 0 Å². The molecule has 4 aliphatic rings. The van der Waals surface area contributed by atoms with Crippen molar-refractivity contribution in [3.63, 3.8) is 0 Å². The van der Waals surface area contributed by atoms with Crippen LogP contribution in [0.1, 0.15) is 56.0 Å². The van der Waals surface area contributed by atoms with Crippen LogP contribution in [0.15, 0.2) is 24.0 Å². The number of aromatic amines is 1. The minimum absolute atomic E-state index is 0.102. The van der Waals surface area contributed by atoms with Crippen molar-refractivity contribution >= 4 is 16.9 Å². The summed E-state index contributed by atoms with van der Waals surface area (Å²) in [4.78, 5) is 18.6. The zero-order valence-corrected chi connectivity index (χ0v) is 20.4. The first-order chi connectivity index (χ1) is 15.9. The van der Waals surface area contributed by atoms with Gasteiger partial charge in [-0.3, -0.25) is 4.90 Å². The summed E-state index contributed by atoms with van der Waals surface area (Å²) in [5.74, 6) is 2.20. The Balaban J connectivity index is 0.000000517. The summed E-state index contributed by atoms with van der Waals surface area (Å²) in [6, 6.07) is 4.62. The number of nitrogens with one attached hydrogen (secondary N) is 1. The predicted octanol–water partition coefficient (Wildman–Crippen LogP) is 4.91. The highest BCUT2D eigenvalue weighted by Crippen LogP contribution is 2.48. The lowest BCUT2D eigenvalue weighted by atomic mass is 9.72. The van der Waals surface area contributed by atoms with E-state index in [0.29, 0.717) is 11.5 Å². The van der Waals surface area contributed by atoms with Gasteiger partial charge in [0.1, 0.15) is 5.75 Å². The molecule has 4 heterocycles. The van der Waals surface area contributed by atoms with Crippen LogP contribution in [0.25, 0.3) is 10.9 Å². The maximum Gasteiger partial charge on any atom is 0.337 e. The third-order valence-electron chi connectivity index (χ3n) is 8.02. The fourth-order valence-electron chi connectivity index (χ4n) is 5.76. The summed E-state index contributed by atoms with van der Waals surface area (Å²) >= 11 is 0. The highest BCUT2D eigenvalue weighted by molar-refractivity contribution is 5.89. The maximum absolute atomic E-state index is 12.4. The number of hydrogen-bond acceptors (Lipinski definition) is 5. The van der Waals surface area contributed by atoms with Crippen molar-refractivity contribution in [1.82, 2.24) is 9.88 Å². The molecule has 6 heteroatoms. The number of H-pyrrole nitrogens is 1. The summed E-state index contributed by atoms with van der Waals surface area (Å²) < 4.78 is 16.4. The van der Waals surface area contributed by atoms with Crippen LogP contribution >= 0.6 is 0 Å². The zero-order valence-electron chi connectivity index (χ0n) is 20.4. The Bertz CT molecular complexity index is 1080. The predicted molar refractivity (Wildman–Crippen MR) is 128 cm³/mol. The van der Waals surface area contributed by atoms with E-state index in [4.69, 9.17) is 14.2 Å². The van der Waals surface area contributed by atoms with Crippen molar-refractivity contribution in [2.45, 2.75) is 58.6 Å². The molecular formula is C27H36N2O4. The molecule has 3 unspecified atom stereocenters. The Labute approximate surface area is 196 Å². The average molecular weight is 453 g/mol. The highest BCUT2D eigenvalue weighted by atomic mass is 16.5. The number of carbonyl (C=O) groups is 1. The van der Waals surface area contributed by atoms with E-state index in [1.807, 2.05) is 0 Å².